The van der Waals surface area contributed by atoms with Crippen LogP contribution in [0, 0.1) is 12.7 Å². The van der Waals surface area contributed by atoms with Crippen molar-refractivity contribution in [3.8, 4) is 0 Å². The summed E-state index contributed by atoms with van der Waals surface area (Å²) in [6.07, 6.45) is -1.04. The van der Waals surface area contributed by atoms with Gasteiger partial charge in [0.15, 0.2) is 6.04 Å². The Morgan fingerprint density at radius 3 is 2.39 bits per heavy atom. The summed E-state index contributed by atoms with van der Waals surface area (Å²) in [5.74, 6) is -1.85. The number of ether oxygens (including phenoxy) is 2. The first-order valence-corrected chi connectivity index (χ1v) is 16.6. The van der Waals surface area contributed by atoms with Gasteiger partial charge in [-0.2, -0.15) is 4.98 Å². The summed E-state index contributed by atoms with van der Waals surface area (Å²) in [6.45, 7) is 9.08. The van der Waals surface area contributed by atoms with Gasteiger partial charge in [0.25, 0.3) is 0 Å². The molecule has 2 heterocycles. The largest absolute Gasteiger partial charge is 0.528 e. The van der Waals surface area contributed by atoms with Gasteiger partial charge < -0.3 is 29.6 Å². The number of carbonyl (C=O) groups is 3. The van der Waals surface area contributed by atoms with Crippen LogP contribution in [0.5, 0.6) is 0 Å². The van der Waals surface area contributed by atoms with Gasteiger partial charge in [-0.3, -0.25) is 9.59 Å². The number of hydrogen-bond acceptors (Lipinski definition) is 11. The number of carbonyl (C=O) groups excluding carboxylic acids is 2. The second-order valence-corrected chi connectivity index (χ2v) is 13.2. The van der Waals surface area contributed by atoms with E-state index in [2.05, 4.69) is 34.3 Å². The van der Waals surface area contributed by atoms with Crippen LogP contribution in [0.3, 0.4) is 0 Å². The lowest BCUT2D eigenvalue weighted by Gasteiger charge is -2.37. The molecule has 1 aromatic heterocycles. The second-order valence-electron chi connectivity index (χ2n) is 13.2. The number of hydroxylamine groups is 2. The summed E-state index contributed by atoms with van der Waals surface area (Å²) in [5, 5.41) is 13.9. The highest BCUT2D eigenvalue weighted by molar-refractivity contribution is 5.82. The van der Waals surface area contributed by atoms with E-state index >= 15 is 0 Å². The Morgan fingerprint density at radius 2 is 1.71 bits per heavy atom. The third kappa shape index (κ3) is 9.79. The van der Waals surface area contributed by atoms with E-state index in [9.17, 15) is 23.9 Å². The Morgan fingerprint density at radius 1 is 1.02 bits per heavy atom. The Hall–Kier alpha value is -5.56. The van der Waals surface area contributed by atoms with Crippen molar-refractivity contribution in [2.24, 2.45) is 0 Å². The number of rotatable bonds is 12. The SMILES string of the molecule is Cc1c(COC(=O)[C@H](CC(=O)O)N(Cc2ccccc2)OC(=O)OC(C)(C)C)nc(Nc2ccc(F)cc2)nc1N1CCc2ccccc2C1C. The third-order valence-corrected chi connectivity index (χ3v) is 8.29. The predicted octanol–water partition coefficient (Wildman–Crippen LogP) is 7.05. The molecule has 0 spiro atoms. The summed E-state index contributed by atoms with van der Waals surface area (Å²) >= 11 is 0. The Kier molecular flexibility index (Phi) is 11.5. The van der Waals surface area contributed by atoms with Gasteiger partial charge in [-0.15, -0.1) is 5.06 Å². The molecule has 0 aliphatic carbocycles. The summed E-state index contributed by atoms with van der Waals surface area (Å²) in [6, 6.07) is 21.2. The smallest absolute Gasteiger partial charge is 0.481 e. The maximum Gasteiger partial charge on any atom is 0.528 e. The molecular formula is C38H42FN5O7. The summed E-state index contributed by atoms with van der Waals surface area (Å²) in [7, 11) is 0. The molecule has 0 saturated carbocycles. The zero-order chi connectivity index (χ0) is 36.7. The minimum atomic E-state index is -1.53. The highest BCUT2D eigenvalue weighted by atomic mass is 19.1. The molecule has 2 atom stereocenters. The summed E-state index contributed by atoms with van der Waals surface area (Å²) < 4.78 is 24.7. The Balaban J connectivity index is 1.45. The normalized spacial score (nSPS) is 14.7. The number of anilines is 3. The average molecular weight is 700 g/mol. The van der Waals surface area contributed by atoms with Crippen LogP contribution in [0.2, 0.25) is 0 Å². The third-order valence-electron chi connectivity index (χ3n) is 8.29. The van der Waals surface area contributed by atoms with Crippen molar-refractivity contribution >= 4 is 35.5 Å². The maximum atomic E-state index is 13.8. The number of aromatic nitrogens is 2. The number of nitrogens with zero attached hydrogens (tertiary/aromatic N) is 4. The van der Waals surface area contributed by atoms with Crippen LogP contribution >= 0.6 is 0 Å². The lowest BCUT2D eigenvalue weighted by Crippen LogP contribution is -2.45. The summed E-state index contributed by atoms with van der Waals surface area (Å²) in [5.41, 5.74) is 3.72. The van der Waals surface area contributed by atoms with E-state index < -0.39 is 42.0 Å². The zero-order valence-electron chi connectivity index (χ0n) is 29.3. The number of halogens is 1. The highest BCUT2D eigenvalue weighted by Crippen LogP contribution is 2.35. The van der Waals surface area contributed by atoms with E-state index in [0.29, 0.717) is 34.9 Å². The molecule has 268 valence electrons. The number of benzene rings is 3. The molecular weight excluding hydrogens is 657 g/mol. The van der Waals surface area contributed by atoms with Crippen LogP contribution in [0.15, 0.2) is 78.9 Å². The monoisotopic (exact) mass is 699 g/mol. The molecule has 4 aromatic rings. The van der Waals surface area contributed by atoms with Crippen LogP contribution in [0.1, 0.15) is 68.1 Å². The van der Waals surface area contributed by atoms with Crippen molar-refractivity contribution < 1.29 is 38.2 Å². The molecule has 2 N–H and O–H groups in total. The fourth-order valence-corrected chi connectivity index (χ4v) is 5.79. The number of carboxylic acid groups (broad SMARTS) is 1. The number of fused-ring (bicyclic) bond motifs is 1. The van der Waals surface area contributed by atoms with Crippen LogP contribution in [0.4, 0.5) is 26.6 Å². The van der Waals surface area contributed by atoms with Crippen molar-refractivity contribution in [3.05, 3.63) is 113 Å². The maximum absolute atomic E-state index is 13.8. The summed E-state index contributed by atoms with van der Waals surface area (Å²) in [4.78, 5) is 55.7. The van der Waals surface area contributed by atoms with E-state index in [1.807, 2.05) is 19.1 Å². The lowest BCUT2D eigenvalue weighted by atomic mass is 9.93. The topological polar surface area (TPSA) is 143 Å². The molecule has 1 aliphatic rings. The van der Waals surface area contributed by atoms with Crippen molar-refractivity contribution in [3.63, 3.8) is 0 Å². The van der Waals surface area contributed by atoms with E-state index in [1.165, 1.54) is 23.3 Å². The second kappa shape index (κ2) is 16.0. The minimum absolute atomic E-state index is 0.0332. The van der Waals surface area contributed by atoms with Gasteiger partial charge in [0, 0.05) is 17.8 Å². The minimum Gasteiger partial charge on any atom is -0.481 e. The molecule has 1 aliphatic heterocycles. The average Bonchev–Trinajstić information content (AvgIpc) is 3.08. The van der Waals surface area contributed by atoms with Gasteiger partial charge in [-0.25, -0.2) is 14.2 Å². The lowest BCUT2D eigenvalue weighted by molar-refractivity contribution is -0.196. The molecule has 3 aromatic carbocycles. The Labute approximate surface area is 296 Å². The van der Waals surface area contributed by atoms with Crippen molar-refractivity contribution in [2.45, 2.75) is 78.3 Å². The zero-order valence-corrected chi connectivity index (χ0v) is 29.3. The van der Waals surface area contributed by atoms with Gasteiger partial charge in [0.05, 0.1) is 24.7 Å². The quantitative estimate of drug-likeness (QED) is 0.116. The fraction of sp³-hybridized carbons (Fsp3) is 0.342. The van der Waals surface area contributed by atoms with E-state index in [1.54, 1.807) is 63.2 Å². The van der Waals surface area contributed by atoms with Gasteiger partial charge in [-0.1, -0.05) is 54.6 Å². The molecule has 5 rings (SSSR count). The molecule has 0 amide bonds. The number of hydrogen-bond donors (Lipinski definition) is 2. The van der Waals surface area contributed by atoms with Crippen LogP contribution in [-0.2, 0) is 43.5 Å². The van der Waals surface area contributed by atoms with E-state index in [4.69, 9.17) is 19.3 Å². The molecule has 13 heteroatoms. The van der Waals surface area contributed by atoms with E-state index in [-0.39, 0.29) is 25.1 Å². The Bertz CT molecular complexity index is 1850. The van der Waals surface area contributed by atoms with Gasteiger partial charge >= 0.3 is 18.1 Å². The van der Waals surface area contributed by atoms with Crippen molar-refractivity contribution in [1.82, 2.24) is 15.0 Å². The number of esters is 1. The van der Waals surface area contributed by atoms with Crippen molar-refractivity contribution in [1.29, 1.82) is 0 Å². The van der Waals surface area contributed by atoms with Crippen LogP contribution in [0.25, 0.3) is 0 Å². The molecule has 0 saturated heterocycles. The van der Waals surface area contributed by atoms with Gasteiger partial charge in [0.1, 0.15) is 23.8 Å². The van der Waals surface area contributed by atoms with Crippen LogP contribution < -0.4 is 10.2 Å². The van der Waals surface area contributed by atoms with E-state index in [0.717, 1.165) is 11.5 Å². The molecule has 12 nitrogen and oxygen atoms in total. The van der Waals surface area contributed by atoms with Gasteiger partial charge in [0.2, 0.25) is 5.95 Å². The first-order chi connectivity index (χ1) is 24.3. The van der Waals surface area contributed by atoms with Crippen LogP contribution in [-0.4, -0.2) is 56.4 Å². The molecule has 0 fully saturated rings. The molecule has 1 unspecified atom stereocenters. The number of aliphatic carboxylic acids is 1. The molecule has 0 radical (unpaired) electrons. The molecule has 51 heavy (non-hydrogen) atoms. The standard InChI is InChI=1S/C38H42FN5O7/c1-24-31(23-49-35(47)32(21-33(45)46)44(22-26-11-7-6-8-12-26)51-37(48)50-38(3,4)5)41-36(40-29-17-15-28(39)16-18-29)42-34(24)43-20-19-27-13-9-10-14-30(27)25(43)2/h6-18,25,32H,19-23H2,1-5H3,(H,45,46)(H,40,41,42)/t25?,32-/m0/s1. The highest BCUT2D eigenvalue weighted by Gasteiger charge is 2.35. The number of nitrogens with one attached hydrogen (secondary N) is 1. The fourth-order valence-electron chi connectivity index (χ4n) is 5.79. The van der Waals surface area contributed by atoms with Crippen molar-refractivity contribution in [2.75, 3.05) is 16.8 Å². The first kappa shape index (κ1) is 36.7. The van der Waals surface area contributed by atoms with Gasteiger partial charge in [-0.05, 0) is 82.0 Å². The first-order valence-electron chi connectivity index (χ1n) is 16.6. The predicted molar refractivity (Wildman–Crippen MR) is 187 cm³/mol. The molecule has 0 bridgehead atoms. The number of carboxylic acids is 1.